The SMILES string of the molecule is Fc1cc(Cl)c2nc(Cl)sc2c1N=C=S. The third-order valence-corrected chi connectivity index (χ3v) is 3.23. The lowest BCUT2D eigenvalue weighted by atomic mass is 10.3. The number of fused-ring (bicyclic) bond motifs is 1. The fraction of sp³-hybridized carbons (Fsp3) is 0. The quantitative estimate of drug-likeness (QED) is 0.568. The Morgan fingerprint density at radius 1 is 1.53 bits per heavy atom. The van der Waals surface area contributed by atoms with Gasteiger partial charge in [0.1, 0.15) is 11.2 Å². The third kappa shape index (κ3) is 1.89. The summed E-state index contributed by atoms with van der Waals surface area (Å²) in [7, 11) is 0. The predicted octanol–water partition coefficient (Wildman–Crippen LogP) is 4.48. The molecule has 0 aliphatic rings. The zero-order valence-corrected chi connectivity index (χ0v) is 10.1. The van der Waals surface area contributed by atoms with Crippen molar-refractivity contribution in [3.05, 3.63) is 21.4 Å². The van der Waals surface area contributed by atoms with E-state index in [2.05, 4.69) is 27.4 Å². The molecule has 2 nitrogen and oxygen atoms in total. The number of aromatic nitrogens is 1. The lowest BCUT2D eigenvalue weighted by molar-refractivity contribution is 0.632. The zero-order chi connectivity index (χ0) is 11.0. The number of thiocarbonyl (C=S) groups is 1. The molecule has 0 aliphatic carbocycles. The summed E-state index contributed by atoms with van der Waals surface area (Å²) in [6.45, 7) is 0. The number of isothiocyanates is 1. The Labute approximate surface area is 103 Å². The Hall–Kier alpha value is -0.580. The summed E-state index contributed by atoms with van der Waals surface area (Å²) in [4.78, 5) is 7.59. The Balaban J connectivity index is 2.94. The molecule has 0 saturated carbocycles. The topological polar surface area (TPSA) is 25.2 Å². The average molecular weight is 279 g/mol. The van der Waals surface area contributed by atoms with Crippen molar-refractivity contribution >= 4 is 67.8 Å². The van der Waals surface area contributed by atoms with Gasteiger partial charge in [0.15, 0.2) is 10.3 Å². The van der Waals surface area contributed by atoms with E-state index in [1.807, 2.05) is 0 Å². The predicted molar refractivity (Wildman–Crippen MR) is 64.3 cm³/mol. The summed E-state index contributed by atoms with van der Waals surface area (Å²) in [5, 5.41) is 2.31. The Morgan fingerprint density at radius 2 is 2.27 bits per heavy atom. The Kier molecular flexibility index (Phi) is 3.00. The molecule has 0 saturated heterocycles. The molecule has 0 atom stereocenters. The van der Waals surface area contributed by atoms with Gasteiger partial charge in [0, 0.05) is 0 Å². The highest BCUT2D eigenvalue weighted by Crippen LogP contribution is 2.39. The summed E-state index contributed by atoms with van der Waals surface area (Å²) in [6.07, 6.45) is 0. The number of nitrogens with zero attached hydrogens (tertiary/aromatic N) is 2. The number of benzene rings is 1. The van der Waals surface area contributed by atoms with Crippen LogP contribution in [0.2, 0.25) is 9.49 Å². The van der Waals surface area contributed by atoms with Crippen molar-refractivity contribution < 1.29 is 4.39 Å². The molecule has 0 unspecified atom stereocenters. The summed E-state index contributed by atoms with van der Waals surface area (Å²) in [5.74, 6) is -0.565. The molecule has 1 heterocycles. The summed E-state index contributed by atoms with van der Waals surface area (Å²) >= 11 is 17.1. The largest absolute Gasteiger partial charge is 0.223 e. The molecule has 0 N–H and O–H groups in total. The van der Waals surface area contributed by atoms with E-state index in [0.29, 0.717) is 10.2 Å². The summed E-state index contributed by atoms with van der Waals surface area (Å²) in [6, 6.07) is 1.13. The van der Waals surface area contributed by atoms with Gasteiger partial charge >= 0.3 is 0 Å². The molecular weight excluding hydrogens is 278 g/mol. The minimum Gasteiger partial charge on any atom is -0.223 e. The first-order chi connectivity index (χ1) is 7.13. The van der Waals surface area contributed by atoms with E-state index in [9.17, 15) is 4.39 Å². The van der Waals surface area contributed by atoms with E-state index in [1.165, 1.54) is 0 Å². The molecule has 0 spiro atoms. The van der Waals surface area contributed by atoms with Gasteiger partial charge in [-0.1, -0.05) is 34.5 Å². The average Bonchev–Trinajstić information content (AvgIpc) is 2.55. The number of hydrogen-bond donors (Lipinski definition) is 0. The highest BCUT2D eigenvalue weighted by atomic mass is 35.5. The smallest absolute Gasteiger partial charge is 0.184 e. The van der Waals surface area contributed by atoms with E-state index in [-0.39, 0.29) is 15.2 Å². The Bertz CT molecular complexity index is 590. The first-order valence-electron chi connectivity index (χ1n) is 3.65. The van der Waals surface area contributed by atoms with Crippen LogP contribution in [-0.4, -0.2) is 10.1 Å². The second-order valence-electron chi connectivity index (χ2n) is 2.54. The highest BCUT2D eigenvalue weighted by Gasteiger charge is 2.15. The molecule has 1 aromatic heterocycles. The molecular formula is C8HCl2FN2S2. The maximum absolute atomic E-state index is 13.4. The van der Waals surface area contributed by atoms with E-state index >= 15 is 0 Å². The van der Waals surface area contributed by atoms with Crippen molar-refractivity contribution in [2.24, 2.45) is 4.99 Å². The van der Waals surface area contributed by atoms with Crippen LogP contribution in [0.3, 0.4) is 0 Å². The van der Waals surface area contributed by atoms with Crippen LogP contribution < -0.4 is 0 Å². The normalized spacial score (nSPS) is 10.3. The molecule has 0 radical (unpaired) electrons. The first kappa shape index (κ1) is 10.9. The van der Waals surface area contributed by atoms with Gasteiger partial charge in [-0.15, -0.1) is 0 Å². The van der Waals surface area contributed by atoms with Gasteiger partial charge in [-0.25, -0.2) is 9.37 Å². The lowest BCUT2D eigenvalue weighted by Crippen LogP contribution is -1.78. The van der Waals surface area contributed by atoms with E-state index < -0.39 is 5.82 Å². The molecule has 15 heavy (non-hydrogen) atoms. The van der Waals surface area contributed by atoms with Crippen LogP contribution in [0.1, 0.15) is 0 Å². The number of hydrogen-bond acceptors (Lipinski definition) is 4. The standard InChI is InChI=1S/C8HCl2FN2S2/c9-3-1-4(11)6(12-2-14)7-5(3)13-8(10)15-7/h1H. The molecule has 76 valence electrons. The third-order valence-electron chi connectivity index (χ3n) is 1.68. The van der Waals surface area contributed by atoms with Crippen molar-refractivity contribution in [2.75, 3.05) is 0 Å². The monoisotopic (exact) mass is 278 g/mol. The number of halogens is 3. The van der Waals surface area contributed by atoms with Crippen LogP contribution in [-0.2, 0) is 0 Å². The van der Waals surface area contributed by atoms with Gasteiger partial charge in [0.2, 0.25) is 0 Å². The van der Waals surface area contributed by atoms with Crippen LogP contribution in [0.15, 0.2) is 11.1 Å². The molecule has 2 rings (SSSR count). The molecule has 0 bridgehead atoms. The van der Waals surface area contributed by atoms with E-state index in [1.54, 1.807) is 0 Å². The molecule has 0 fully saturated rings. The van der Waals surface area contributed by atoms with Gasteiger partial charge in [-0.3, -0.25) is 0 Å². The maximum atomic E-state index is 13.4. The van der Waals surface area contributed by atoms with Gasteiger partial charge in [-0.2, -0.15) is 4.99 Å². The van der Waals surface area contributed by atoms with Crippen molar-refractivity contribution in [3.8, 4) is 0 Å². The van der Waals surface area contributed by atoms with Crippen LogP contribution >= 0.6 is 46.8 Å². The number of rotatable bonds is 1. The van der Waals surface area contributed by atoms with Gasteiger partial charge < -0.3 is 0 Å². The van der Waals surface area contributed by atoms with Crippen molar-refractivity contribution in [1.29, 1.82) is 0 Å². The van der Waals surface area contributed by atoms with Crippen molar-refractivity contribution in [3.63, 3.8) is 0 Å². The van der Waals surface area contributed by atoms with Crippen LogP contribution in [0.5, 0.6) is 0 Å². The van der Waals surface area contributed by atoms with Crippen LogP contribution in [0.25, 0.3) is 10.2 Å². The maximum Gasteiger partial charge on any atom is 0.184 e. The summed E-state index contributed by atoms with van der Waals surface area (Å²) < 4.78 is 14.2. The molecule has 1 aromatic carbocycles. The van der Waals surface area contributed by atoms with E-state index in [0.717, 1.165) is 17.4 Å². The van der Waals surface area contributed by atoms with Crippen LogP contribution in [0, 0.1) is 5.82 Å². The fourth-order valence-corrected chi connectivity index (χ4v) is 2.62. The van der Waals surface area contributed by atoms with Gasteiger partial charge in [-0.05, 0) is 18.3 Å². The van der Waals surface area contributed by atoms with Crippen molar-refractivity contribution in [2.45, 2.75) is 0 Å². The minimum atomic E-state index is -0.565. The van der Waals surface area contributed by atoms with Crippen LogP contribution in [0.4, 0.5) is 10.1 Å². The second-order valence-corrected chi connectivity index (χ2v) is 4.71. The van der Waals surface area contributed by atoms with Gasteiger partial charge in [0.25, 0.3) is 0 Å². The summed E-state index contributed by atoms with van der Waals surface area (Å²) in [5.41, 5.74) is 0.505. The van der Waals surface area contributed by atoms with E-state index in [4.69, 9.17) is 23.2 Å². The zero-order valence-electron chi connectivity index (χ0n) is 6.92. The minimum absolute atomic E-state index is 0.0776. The number of thiazole rings is 1. The lowest BCUT2D eigenvalue weighted by Gasteiger charge is -1.97. The highest BCUT2D eigenvalue weighted by molar-refractivity contribution is 7.78. The molecule has 7 heteroatoms. The number of aliphatic imine (C=N–C) groups is 1. The second kappa shape index (κ2) is 4.12. The first-order valence-corrected chi connectivity index (χ1v) is 5.63. The molecule has 2 aromatic rings. The fourth-order valence-electron chi connectivity index (χ4n) is 1.12. The van der Waals surface area contributed by atoms with Gasteiger partial charge in [0.05, 0.1) is 14.9 Å². The van der Waals surface area contributed by atoms with Crippen molar-refractivity contribution in [1.82, 2.24) is 4.98 Å². The molecule has 0 amide bonds. The Morgan fingerprint density at radius 3 is 2.93 bits per heavy atom. The molecule has 0 aliphatic heterocycles.